The Morgan fingerprint density at radius 2 is 2.11 bits per heavy atom. The minimum atomic E-state index is -0.248. The van der Waals surface area contributed by atoms with Gasteiger partial charge in [-0.2, -0.15) is 0 Å². The Bertz CT molecular complexity index is 568. The number of pyridine rings is 1. The lowest BCUT2D eigenvalue weighted by Gasteiger charge is -2.07. The number of carbonyl (C=O) groups excluding carboxylic acids is 1. The fourth-order valence-corrected chi connectivity index (χ4v) is 1.54. The van der Waals surface area contributed by atoms with E-state index in [1.807, 2.05) is 19.2 Å². The first-order chi connectivity index (χ1) is 9.20. The molecule has 0 atom stereocenters. The summed E-state index contributed by atoms with van der Waals surface area (Å²) in [6.07, 6.45) is 3.57. The smallest absolute Gasteiger partial charge is 0.271 e. The van der Waals surface area contributed by atoms with Crippen molar-refractivity contribution in [1.29, 1.82) is 0 Å². The van der Waals surface area contributed by atoms with Crippen LogP contribution in [-0.4, -0.2) is 28.1 Å². The summed E-state index contributed by atoms with van der Waals surface area (Å²) in [5.74, 6) is 0.373. The predicted octanol–water partition coefficient (Wildman–Crippen LogP) is 1.15. The lowest BCUT2D eigenvalue weighted by molar-refractivity contribution is 0.0957. The molecule has 6 nitrogen and oxygen atoms in total. The first-order valence-corrected chi connectivity index (χ1v) is 5.90. The summed E-state index contributed by atoms with van der Waals surface area (Å²) in [6.45, 7) is 2.65. The molecule has 0 aliphatic heterocycles. The maximum Gasteiger partial charge on any atom is 0.271 e. The van der Waals surface area contributed by atoms with Crippen LogP contribution in [0.25, 0.3) is 0 Å². The normalized spacial score (nSPS) is 10.0. The van der Waals surface area contributed by atoms with Crippen molar-refractivity contribution in [1.82, 2.24) is 20.5 Å². The van der Waals surface area contributed by atoms with Gasteiger partial charge in [0.25, 0.3) is 5.91 Å². The van der Waals surface area contributed by atoms with E-state index in [9.17, 15) is 4.79 Å². The van der Waals surface area contributed by atoms with Crippen LogP contribution in [0, 0.1) is 6.92 Å². The monoisotopic (exact) mass is 257 g/mol. The third kappa shape index (κ3) is 3.25. The number of nitrogens with one attached hydrogen (secondary N) is 2. The van der Waals surface area contributed by atoms with Crippen LogP contribution in [0.4, 0.5) is 5.82 Å². The van der Waals surface area contributed by atoms with E-state index in [1.54, 1.807) is 25.4 Å². The number of carbonyl (C=O) groups is 1. The van der Waals surface area contributed by atoms with Crippen molar-refractivity contribution < 1.29 is 4.79 Å². The van der Waals surface area contributed by atoms with Crippen LogP contribution in [0.3, 0.4) is 0 Å². The number of aryl methyl sites for hydroxylation is 1. The average Bonchev–Trinajstić information content (AvgIpc) is 2.46. The summed E-state index contributed by atoms with van der Waals surface area (Å²) in [7, 11) is 1.56. The first-order valence-electron chi connectivity index (χ1n) is 5.90. The van der Waals surface area contributed by atoms with Crippen molar-refractivity contribution >= 4 is 11.7 Å². The van der Waals surface area contributed by atoms with Gasteiger partial charge in [0.2, 0.25) is 0 Å². The van der Waals surface area contributed by atoms with Crippen molar-refractivity contribution in [3.05, 3.63) is 47.4 Å². The Balaban J connectivity index is 2.01. The molecule has 0 aromatic carbocycles. The molecule has 0 spiro atoms. The lowest BCUT2D eigenvalue weighted by atomic mass is 10.1. The molecule has 1 amide bonds. The molecule has 2 aromatic rings. The quantitative estimate of drug-likeness (QED) is 0.859. The average molecular weight is 257 g/mol. The topological polar surface area (TPSA) is 79.8 Å². The molecule has 98 valence electrons. The molecule has 0 radical (unpaired) electrons. The molecule has 0 unspecified atom stereocenters. The summed E-state index contributed by atoms with van der Waals surface area (Å²) < 4.78 is 0. The van der Waals surface area contributed by atoms with Crippen LogP contribution in [-0.2, 0) is 6.54 Å². The number of hydrogen-bond acceptors (Lipinski definition) is 5. The van der Waals surface area contributed by atoms with Gasteiger partial charge in [-0.05, 0) is 36.2 Å². The molecule has 19 heavy (non-hydrogen) atoms. The number of hydrogen-bond donors (Lipinski definition) is 2. The van der Waals surface area contributed by atoms with Gasteiger partial charge in [0.1, 0.15) is 5.82 Å². The molecule has 0 fully saturated rings. The second-order valence-electron chi connectivity index (χ2n) is 4.04. The first kappa shape index (κ1) is 12.9. The van der Waals surface area contributed by atoms with Crippen molar-refractivity contribution in [2.75, 3.05) is 12.4 Å². The molecule has 0 saturated carbocycles. The fourth-order valence-electron chi connectivity index (χ4n) is 1.54. The Morgan fingerprint density at radius 1 is 1.26 bits per heavy atom. The van der Waals surface area contributed by atoms with Crippen molar-refractivity contribution in [2.45, 2.75) is 13.5 Å². The van der Waals surface area contributed by atoms with Gasteiger partial charge in [-0.3, -0.25) is 9.78 Å². The van der Waals surface area contributed by atoms with E-state index in [2.05, 4.69) is 25.8 Å². The van der Waals surface area contributed by atoms with E-state index in [0.29, 0.717) is 18.1 Å². The van der Waals surface area contributed by atoms with Gasteiger partial charge >= 0.3 is 0 Å². The van der Waals surface area contributed by atoms with Gasteiger partial charge in [0, 0.05) is 26.0 Å². The molecule has 2 N–H and O–H groups in total. The third-order valence-corrected chi connectivity index (χ3v) is 2.73. The van der Waals surface area contributed by atoms with E-state index in [4.69, 9.17) is 0 Å². The number of anilines is 1. The summed E-state index contributed by atoms with van der Waals surface area (Å²) in [5.41, 5.74) is 2.56. The Hall–Kier alpha value is -2.50. The molecule has 2 rings (SSSR count). The minimum Gasteiger partial charge on any atom is -0.364 e. The zero-order valence-corrected chi connectivity index (χ0v) is 10.8. The summed E-state index contributed by atoms with van der Waals surface area (Å²) >= 11 is 0. The SMILES string of the molecule is CNC(=O)c1ccc(NCc2cnccc2C)nn1. The minimum absolute atomic E-state index is 0.248. The predicted molar refractivity (Wildman–Crippen MR) is 71.7 cm³/mol. The maximum atomic E-state index is 11.3. The largest absolute Gasteiger partial charge is 0.364 e. The molecule has 0 aliphatic rings. The fraction of sp³-hybridized carbons (Fsp3) is 0.231. The third-order valence-electron chi connectivity index (χ3n) is 2.73. The number of nitrogens with zero attached hydrogens (tertiary/aromatic N) is 3. The van der Waals surface area contributed by atoms with Crippen LogP contribution in [0.15, 0.2) is 30.6 Å². The highest BCUT2D eigenvalue weighted by Gasteiger charge is 2.05. The number of aromatic nitrogens is 3. The molecular weight excluding hydrogens is 242 g/mol. The second-order valence-corrected chi connectivity index (χ2v) is 4.04. The molecule has 2 heterocycles. The van der Waals surface area contributed by atoms with Crippen molar-refractivity contribution in [3.8, 4) is 0 Å². The van der Waals surface area contributed by atoms with Crippen molar-refractivity contribution in [3.63, 3.8) is 0 Å². The zero-order valence-electron chi connectivity index (χ0n) is 10.8. The van der Waals surface area contributed by atoms with Crippen molar-refractivity contribution in [2.24, 2.45) is 0 Å². The van der Waals surface area contributed by atoms with E-state index in [-0.39, 0.29) is 5.91 Å². The van der Waals surface area contributed by atoms with Crippen LogP contribution < -0.4 is 10.6 Å². The van der Waals surface area contributed by atoms with E-state index in [1.165, 1.54) is 0 Å². The van der Waals surface area contributed by atoms with Crippen LogP contribution in [0.1, 0.15) is 21.6 Å². The van der Waals surface area contributed by atoms with Crippen LogP contribution in [0.2, 0.25) is 0 Å². The maximum absolute atomic E-state index is 11.3. The summed E-state index contributed by atoms with van der Waals surface area (Å²) in [5, 5.41) is 13.4. The Morgan fingerprint density at radius 3 is 2.74 bits per heavy atom. The second kappa shape index (κ2) is 5.90. The highest BCUT2D eigenvalue weighted by atomic mass is 16.1. The molecule has 6 heteroatoms. The highest BCUT2D eigenvalue weighted by molar-refractivity contribution is 5.91. The summed E-state index contributed by atoms with van der Waals surface area (Å²) in [4.78, 5) is 15.4. The van der Waals surface area contributed by atoms with E-state index >= 15 is 0 Å². The van der Waals surface area contributed by atoms with E-state index in [0.717, 1.165) is 11.1 Å². The van der Waals surface area contributed by atoms with Gasteiger partial charge < -0.3 is 10.6 Å². The van der Waals surface area contributed by atoms with Crippen LogP contribution >= 0.6 is 0 Å². The van der Waals surface area contributed by atoms with Gasteiger partial charge in [-0.15, -0.1) is 10.2 Å². The van der Waals surface area contributed by atoms with Crippen LogP contribution in [0.5, 0.6) is 0 Å². The lowest BCUT2D eigenvalue weighted by Crippen LogP contribution is -2.19. The molecule has 0 bridgehead atoms. The molecule has 0 aliphatic carbocycles. The summed E-state index contributed by atoms with van der Waals surface area (Å²) in [6, 6.07) is 5.31. The Labute approximate surface area is 111 Å². The van der Waals surface area contributed by atoms with Gasteiger partial charge in [0.05, 0.1) is 0 Å². The molecular formula is C13H15N5O. The molecule has 2 aromatic heterocycles. The van der Waals surface area contributed by atoms with E-state index < -0.39 is 0 Å². The zero-order chi connectivity index (χ0) is 13.7. The van der Waals surface area contributed by atoms with Gasteiger partial charge in [-0.1, -0.05) is 0 Å². The standard InChI is InChI=1S/C13H15N5O/c1-9-5-6-15-7-10(9)8-16-12-4-3-11(17-18-12)13(19)14-2/h3-7H,8H2,1-2H3,(H,14,19)(H,16,18). The number of rotatable bonds is 4. The molecule has 0 saturated heterocycles. The Kier molecular flexibility index (Phi) is 4.02. The van der Waals surface area contributed by atoms with Gasteiger partial charge in [-0.25, -0.2) is 0 Å². The van der Waals surface area contributed by atoms with Gasteiger partial charge in [0.15, 0.2) is 5.69 Å². The number of amides is 1. The highest BCUT2D eigenvalue weighted by Crippen LogP contribution is 2.08.